The number of hydrogen-bond donors (Lipinski definition) is 2. The standard InChI is InChI=1S/C26H20F4N6O3/c1-3-39-24(38)22-34-25-32-13(2)20(23(37)33-17-6-4-16-12-31-9-8-14(16)10-17)21(36(25)35-22)15-5-7-18(19(27)11-15)26(28,29)30/h4-12,21H,3H2,1-2H3,(H,33,37)(H,32,34,35). The van der Waals surface area contributed by atoms with Crippen LogP contribution in [0.3, 0.4) is 0 Å². The van der Waals surface area contributed by atoms with Crippen LogP contribution in [0, 0.1) is 5.82 Å². The molecule has 1 atom stereocenters. The maximum Gasteiger partial charge on any atom is 0.419 e. The van der Waals surface area contributed by atoms with Gasteiger partial charge in [-0.05, 0) is 55.1 Å². The lowest BCUT2D eigenvalue weighted by Gasteiger charge is -2.29. The van der Waals surface area contributed by atoms with E-state index in [2.05, 4.69) is 25.7 Å². The fourth-order valence-electron chi connectivity index (χ4n) is 4.33. The fourth-order valence-corrected chi connectivity index (χ4v) is 4.33. The number of carbonyl (C=O) groups excluding carboxylic acids is 2. The van der Waals surface area contributed by atoms with Gasteiger partial charge in [0.05, 0.1) is 17.7 Å². The van der Waals surface area contributed by atoms with E-state index in [1.54, 1.807) is 50.5 Å². The summed E-state index contributed by atoms with van der Waals surface area (Å²) < 4.78 is 60.5. The third-order valence-electron chi connectivity index (χ3n) is 6.07. The second-order valence-corrected chi connectivity index (χ2v) is 8.62. The molecule has 2 aromatic carbocycles. The molecular formula is C26H20F4N6O3. The van der Waals surface area contributed by atoms with Crippen LogP contribution in [0.15, 0.2) is 66.1 Å². The molecule has 2 N–H and O–H groups in total. The van der Waals surface area contributed by atoms with Gasteiger partial charge in [0.2, 0.25) is 5.95 Å². The van der Waals surface area contributed by atoms with Gasteiger partial charge in [-0.1, -0.05) is 12.1 Å². The Balaban J connectivity index is 1.59. The van der Waals surface area contributed by atoms with Gasteiger partial charge in [0, 0.05) is 29.2 Å². The van der Waals surface area contributed by atoms with Crippen molar-refractivity contribution in [3.8, 4) is 0 Å². The second kappa shape index (κ2) is 9.82. The molecule has 0 spiro atoms. The number of esters is 1. The monoisotopic (exact) mass is 540 g/mol. The molecule has 0 bridgehead atoms. The van der Waals surface area contributed by atoms with Gasteiger partial charge in [-0.2, -0.15) is 18.2 Å². The third kappa shape index (κ3) is 4.90. The van der Waals surface area contributed by atoms with E-state index >= 15 is 0 Å². The number of nitrogens with zero attached hydrogens (tertiary/aromatic N) is 4. The molecule has 3 heterocycles. The number of allylic oxidation sites excluding steroid dienone is 1. The number of halogens is 4. The summed E-state index contributed by atoms with van der Waals surface area (Å²) in [5.41, 5.74) is -0.732. The lowest BCUT2D eigenvalue weighted by Crippen LogP contribution is -2.31. The number of aromatic nitrogens is 4. The molecule has 0 saturated carbocycles. The Labute approximate surface area is 218 Å². The molecule has 1 aliphatic rings. The molecule has 5 rings (SSSR count). The Hall–Kier alpha value is -4.81. The molecule has 2 aromatic heterocycles. The van der Waals surface area contributed by atoms with E-state index in [0.717, 1.165) is 21.5 Å². The first-order valence-corrected chi connectivity index (χ1v) is 11.7. The number of hydrogen-bond acceptors (Lipinski definition) is 7. The lowest BCUT2D eigenvalue weighted by molar-refractivity contribution is -0.140. The van der Waals surface area contributed by atoms with Crippen molar-refractivity contribution in [2.75, 3.05) is 17.2 Å². The number of benzene rings is 2. The maximum absolute atomic E-state index is 14.7. The van der Waals surface area contributed by atoms with Gasteiger partial charge < -0.3 is 15.4 Å². The highest BCUT2D eigenvalue weighted by atomic mass is 19.4. The summed E-state index contributed by atoms with van der Waals surface area (Å²) in [5, 5.41) is 11.5. The van der Waals surface area contributed by atoms with Crippen LogP contribution in [0.1, 0.15) is 41.6 Å². The molecule has 4 aromatic rings. The van der Waals surface area contributed by atoms with E-state index in [1.165, 1.54) is 0 Å². The number of pyridine rings is 1. The average Bonchev–Trinajstić information content (AvgIpc) is 3.31. The number of rotatable bonds is 5. The predicted molar refractivity (Wildman–Crippen MR) is 132 cm³/mol. The van der Waals surface area contributed by atoms with Crippen LogP contribution in [-0.2, 0) is 15.7 Å². The van der Waals surface area contributed by atoms with Crippen molar-refractivity contribution in [1.82, 2.24) is 19.7 Å². The average molecular weight is 540 g/mol. The van der Waals surface area contributed by atoms with E-state index in [9.17, 15) is 27.2 Å². The summed E-state index contributed by atoms with van der Waals surface area (Å²) in [4.78, 5) is 34.1. The summed E-state index contributed by atoms with van der Waals surface area (Å²) in [7, 11) is 0. The molecule has 0 aliphatic carbocycles. The van der Waals surface area contributed by atoms with E-state index in [1.807, 2.05) is 0 Å². The Bertz CT molecular complexity index is 1650. The molecule has 0 radical (unpaired) electrons. The van der Waals surface area contributed by atoms with Gasteiger partial charge in [-0.3, -0.25) is 9.78 Å². The summed E-state index contributed by atoms with van der Waals surface area (Å²) >= 11 is 0. The highest BCUT2D eigenvalue weighted by Gasteiger charge is 2.38. The zero-order valence-corrected chi connectivity index (χ0v) is 20.5. The van der Waals surface area contributed by atoms with Gasteiger partial charge >= 0.3 is 12.1 Å². The topological polar surface area (TPSA) is 111 Å². The van der Waals surface area contributed by atoms with Crippen molar-refractivity contribution in [1.29, 1.82) is 0 Å². The first kappa shape index (κ1) is 25.8. The van der Waals surface area contributed by atoms with Gasteiger partial charge in [0.25, 0.3) is 11.7 Å². The van der Waals surface area contributed by atoms with Gasteiger partial charge in [0.1, 0.15) is 11.9 Å². The van der Waals surface area contributed by atoms with Gasteiger partial charge in [-0.25, -0.2) is 13.9 Å². The van der Waals surface area contributed by atoms with Crippen molar-refractivity contribution < 1.29 is 31.9 Å². The molecular weight excluding hydrogens is 520 g/mol. The van der Waals surface area contributed by atoms with Crippen molar-refractivity contribution >= 4 is 34.3 Å². The lowest BCUT2D eigenvalue weighted by atomic mass is 9.94. The van der Waals surface area contributed by atoms with Crippen LogP contribution in [0.2, 0.25) is 0 Å². The minimum absolute atomic E-state index is 0.0161. The second-order valence-electron chi connectivity index (χ2n) is 8.62. The number of anilines is 2. The van der Waals surface area contributed by atoms with Crippen molar-refractivity contribution in [2.45, 2.75) is 26.1 Å². The largest absolute Gasteiger partial charge is 0.460 e. The number of amides is 1. The van der Waals surface area contributed by atoms with E-state index in [-0.39, 0.29) is 35.2 Å². The fraction of sp³-hybridized carbons (Fsp3) is 0.192. The van der Waals surface area contributed by atoms with Crippen LogP contribution < -0.4 is 10.6 Å². The minimum atomic E-state index is -4.91. The zero-order chi connectivity index (χ0) is 27.9. The molecule has 0 fully saturated rings. The first-order chi connectivity index (χ1) is 18.6. The predicted octanol–water partition coefficient (Wildman–Crippen LogP) is 5.09. The normalized spacial score (nSPS) is 15.1. The smallest absolute Gasteiger partial charge is 0.419 e. The van der Waals surface area contributed by atoms with E-state index < -0.39 is 35.5 Å². The van der Waals surface area contributed by atoms with Crippen molar-refractivity contribution in [2.24, 2.45) is 0 Å². The van der Waals surface area contributed by atoms with E-state index in [0.29, 0.717) is 17.8 Å². The van der Waals surface area contributed by atoms with E-state index in [4.69, 9.17) is 4.74 Å². The molecule has 0 saturated heterocycles. The number of ether oxygens (including phenoxy) is 1. The highest BCUT2D eigenvalue weighted by molar-refractivity contribution is 6.06. The molecule has 1 unspecified atom stereocenters. The Morgan fingerprint density at radius 3 is 2.64 bits per heavy atom. The highest BCUT2D eigenvalue weighted by Crippen LogP contribution is 2.38. The van der Waals surface area contributed by atoms with Gasteiger partial charge in [-0.15, -0.1) is 5.10 Å². The summed E-state index contributed by atoms with van der Waals surface area (Å²) in [6.45, 7) is 3.20. The number of fused-ring (bicyclic) bond motifs is 2. The molecule has 13 heteroatoms. The SMILES string of the molecule is CCOC(=O)c1nc2n(n1)C(c1ccc(C(F)(F)F)c(F)c1)C(C(=O)Nc1ccc3cnccc3c1)=C(C)N2. The molecule has 9 nitrogen and oxygen atoms in total. The number of carbonyl (C=O) groups is 2. The van der Waals surface area contributed by atoms with Gasteiger partial charge in [0.15, 0.2) is 0 Å². The van der Waals surface area contributed by atoms with Crippen LogP contribution >= 0.6 is 0 Å². The first-order valence-electron chi connectivity index (χ1n) is 11.7. The molecule has 39 heavy (non-hydrogen) atoms. The molecule has 200 valence electrons. The Morgan fingerprint density at radius 2 is 1.92 bits per heavy atom. The maximum atomic E-state index is 14.7. The van der Waals surface area contributed by atoms with Crippen molar-refractivity contribution in [3.63, 3.8) is 0 Å². The van der Waals surface area contributed by atoms with Crippen LogP contribution in [0.5, 0.6) is 0 Å². The van der Waals surface area contributed by atoms with Crippen LogP contribution in [0.4, 0.5) is 29.2 Å². The van der Waals surface area contributed by atoms with Crippen LogP contribution in [-0.4, -0.2) is 38.2 Å². The third-order valence-corrected chi connectivity index (χ3v) is 6.07. The quantitative estimate of drug-likeness (QED) is 0.268. The molecule has 1 aliphatic heterocycles. The minimum Gasteiger partial charge on any atom is -0.460 e. The zero-order valence-electron chi connectivity index (χ0n) is 20.5. The number of alkyl halides is 3. The Morgan fingerprint density at radius 1 is 1.13 bits per heavy atom. The summed E-state index contributed by atoms with van der Waals surface area (Å²) in [6, 6.07) is 8.05. The van der Waals surface area contributed by atoms with Crippen molar-refractivity contribution in [3.05, 3.63) is 88.9 Å². The number of nitrogens with one attached hydrogen (secondary N) is 2. The summed E-state index contributed by atoms with van der Waals surface area (Å²) in [5.74, 6) is -3.30. The molecule has 1 amide bonds. The Kier molecular flexibility index (Phi) is 6.50. The summed E-state index contributed by atoms with van der Waals surface area (Å²) in [6.07, 6.45) is -1.64. The van der Waals surface area contributed by atoms with Crippen LogP contribution in [0.25, 0.3) is 10.8 Å².